The van der Waals surface area contributed by atoms with Gasteiger partial charge in [0.15, 0.2) is 0 Å². The van der Waals surface area contributed by atoms with Crippen molar-refractivity contribution in [3.8, 4) is 0 Å². The summed E-state index contributed by atoms with van der Waals surface area (Å²) in [7, 11) is 2.08. The van der Waals surface area contributed by atoms with Crippen molar-refractivity contribution < 1.29 is 19.1 Å². The number of amides is 2. The molecular formula is C17H29N3O4. The maximum Gasteiger partial charge on any atom is 0.410 e. The molecule has 0 radical (unpaired) electrons. The van der Waals surface area contributed by atoms with Crippen LogP contribution in [0, 0.1) is 0 Å². The standard InChI is InChI=1S/C17H29N3O4/c1-17(2,3)24-16(22)20-11-5-6-12(20)8-13(7-11)19(4)10-14-9-18-15(21)23-14/h11-14H,5-10H2,1-4H3,(H,18,21)/t11-,12+,13?,14-/m0/s1. The molecule has 1 N–H and O–H groups in total. The Morgan fingerprint density at radius 3 is 2.46 bits per heavy atom. The highest BCUT2D eigenvalue weighted by molar-refractivity contribution is 5.70. The van der Waals surface area contributed by atoms with Crippen LogP contribution in [0.2, 0.25) is 0 Å². The van der Waals surface area contributed by atoms with E-state index >= 15 is 0 Å². The number of fused-ring (bicyclic) bond motifs is 2. The topological polar surface area (TPSA) is 71.1 Å². The van der Waals surface area contributed by atoms with Crippen molar-refractivity contribution >= 4 is 12.2 Å². The fraction of sp³-hybridized carbons (Fsp3) is 0.882. The van der Waals surface area contributed by atoms with Crippen LogP contribution in [-0.2, 0) is 9.47 Å². The summed E-state index contributed by atoms with van der Waals surface area (Å²) in [5, 5.41) is 2.69. The number of rotatable bonds is 3. The Hall–Kier alpha value is -1.50. The van der Waals surface area contributed by atoms with E-state index in [0.717, 1.165) is 32.2 Å². The van der Waals surface area contributed by atoms with E-state index in [0.29, 0.717) is 12.6 Å². The number of alkyl carbamates (subject to hydrolysis) is 1. The molecule has 0 aromatic rings. The third-order valence-corrected chi connectivity index (χ3v) is 5.18. The summed E-state index contributed by atoms with van der Waals surface area (Å²) in [6.07, 6.45) is 3.44. The van der Waals surface area contributed by atoms with Gasteiger partial charge < -0.3 is 19.7 Å². The molecule has 2 bridgehead atoms. The average Bonchev–Trinajstić information content (AvgIpc) is 2.98. The van der Waals surface area contributed by atoms with Gasteiger partial charge in [0.05, 0.1) is 6.54 Å². The van der Waals surface area contributed by atoms with E-state index < -0.39 is 5.60 Å². The Balaban J connectivity index is 1.56. The number of carbonyl (C=O) groups is 2. The molecule has 1 unspecified atom stereocenters. The normalized spacial score (nSPS) is 32.7. The van der Waals surface area contributed by atoms with E-state index in [1.54, 1.807) is 0 Å². The first-order valence-corrected chi connectivity index (χ1v) is 8.89. The van der Waals surface area contributed by atoms with Crippen molar-refractivity contribution in [1.82, 2.24) is 15.1 Å². The minimum Gasteiger partial charge on any atom is -0.444 e. The molecule has 3 heterocycles. The monoisotopic (exact) mass is 339 g/mol. The third kappa shape index (κ3) is 3.77. The first kappa shape index (κ1) is 17.3. The van der Waals surface area contributed by atoms with Crippen molar-refractivity contribution in [2.24, 2.45) is 0 Å². The molecule has 0 aromatic carbocycles. The predicted octanol–water partition coefficient (Wildman–Crippen LogP) is 1.96. The highest BCUT2D eigenvalue weighted by Crippen LogP contribution is 2.38. The Morgan fingerprint density at radius 2 is 1.96 bits per heavy atom. The Bertz CT molecular complexity index is 491. The quantitative estimate of drug-likeness (QED) is 0.851. The summed E-state index contributed by atoms with van der Waals surface area (Å²) in [6.45, 7) is 7.03. The molecule has 3 saturated heterocycles. The second-order valence-electron chi connectivity index (χ2n) is 8.25. The molecule has 2 amide bonds. The first-order chi connectivity index (χ1) is 11.2. The van der Waals surface area contributed by atoms with Gasteiger partial charge in [-0.3, -0.25) is 4.90 Å². The molecule has 7 nitrogen and oxygen atoms in total. The van der Waals surface area contributed by atoms with Crippen LogP contribution < -0.4 is 5.32 Å². The first-order valence-electron chi connectivity index (χ1n) is 8.89. The molecule has 0 spiro atoms. The van der Waals surface area contributed by atoms with Gasteiger partial charge in [0, 0.05) is 24.7 Å². The number of carbonyl (C=O) groups excluding carboxylic acids is 2. The van der Waals surface area contributed by atoms with Gasteiger partial charge in [0.1, 0.15) is 11.7 Å². The fourth-order valence-electron chi connectivity index (χ4n) is 4.12. The van der Waals surface area contributed by atoms with Crippen LogP contribution in [0.5, 0.6) is 0 Å². The highest BCUT2D eigenvalue weighted by atomic mass is 16.6. The van der Waals surface area contributed by atoms with E-state index in [2.05, 4.69) is 17.3 Å². The van der Waals surface area contributed by atoms with Crippen LogP contribution in [0.1, 0.15) is 46.5 Å². The number of hydrogen-bond donors (Lipinski definition) is 1. The molecule has 24 heavy (non-hydrogen) atoms. The van der Waals surface area contributed by atoms with Gasteiger partial charge in [-0.15, -0.1) is 0 Å². The summed E-state index contributed by atoms with van der Waals surface area (Å²) >= 11 is 0. The van der Waals surface area contributed by atoms with Gasteiger partial charge in [0.2, 0.25) is 0 Å². The molecule has 0 aromatic heterocycles. The lowest BCUT2D eigenvalue weighted by Crippen LogP contribution is -2.53. The van der Waals surface area contributed by atoms with Gasteiger partial charge in [-0.25, -0.2) is 9.59 Å². The molecule has 4 atom stereocenters. The summed E-state index contributed by atoms with van der Waals surface area (Å²) < 4.78 is 10.8. The van der Waals surface area contributed by atoms with Crippen LogP contribution >= 0.6 is 0 Å². The summed E-state index contributed by atoms with van der Waals surface area (Å²) in [4.78, 5) is 27.9. The third-order valence-electron chi connectivity index (χ3n) is 5.18. The highest BCUT2D eigenvalue weighted by Gasteiger charge is 2.46. The van der Waals surface area contributed by atoms with Crippen LogP contribution in [0.3, 0.4) is 0 Å². The van der Waals surface area contributed by atoms with Gasteiger partial charge in [-0.1, -0.05) is 0 Å². The van der Waals surface area contributed by atoms with Crippen molar-refractivity contribution in [3.05, 3.63) is 0 Å². The molecule has 3 fully saturated rings. The zero-order valence-corrected chi connectivity index (χ0v) is 15.1. The molecular weight excluding hydrogens is 310 g/mol. The number of nitrogens with zero attached hydrogens (tertiary/aromatic N) is 2. The van der Waals surface area contributed by atoms with Crippen LogP contribution in [0.4, 0.5) is 9.59 Å². The second kappa shape index (κ2) is 6.43. The van der Waals surface area contributed by atoms with Crippen molar-refractivity contribution in [2.45, 2.75) is 76.3 Å². The van der Waals surface area contributed by atoms with Gasteiger partial charge in [-0.2, -0.15) is 0 Å². The zero-order valence-electron chi connectivity index (χ0n) is 15.1. The van der Waals surface area contributed by atoms with Gasteiger partial charge in [0.25, 0.3) is 0 Å². The van der Waals surface area contributed by atoms with Crippen molar-refractivity contribution in [2.75, 3.05) is 20.1 Å². The molecule has 3 aliphatic rings. The van der Waals surface area contributed by atoms with Crippen LogP contribution in [0.15, 0.2) is 0 Å². The van der Waals surface area contributed by atoms with E-state index in [1.807, 2.05) is 25.7 Å². The Labute approximate surface area is 143 Å². The Kier molecular flexibility index (Phi) is 4.64. The average molecular weight is 339 g/mol. The lowest BCUT2D eigenvalue weighted by Gasteiger charge is -2.42. The minimum atomic E-state index is -0.455. The maximum atomic E-state index is 12.5. The lowest BCUT2D eigenvalue weighted by atomic mass is 9.96. The summed E-state index contributed by atoms with van der Waals surface area (Å²) in [5.41, 5.74) is -0.455. The molecule has 3 aliphatic heterocycles. The Morgan fingerprint density at radius 1 is 1.33 bits per heavy atom. The largest absolute Gasteiger partial charge is 0.444 e. The summed E-state index contributed by atoms with van der Waals surface area (Å²) in [5.74, 6) is 0. The van der Waals surface area contributed by atoms with E-state index in [1.165, 1.54) is 0 Å². The smallest absolute Gasteiger partial charge is 0.410 e. The number of hydrogen-bond acceptors (Lipinski definition) is 5. The number of nitrogens with one attached hydrogen (secondary N) is 1. The van der Waals surface area contributed by atoms with Crippen molar-refractivity contribution in [1.29, 1.82) is 0 Å². The number of likely N-dealkylation sites (N-methyl/N-ethyl adjacent to an activating group) is 1. The molecule has 7 heteroatoms. The van der Waals surface area contributed by atoms with Crippen molar-refractivity contribution in [3.63, 3.8) is 0 Å². The molecule has 3 rings (SSSR count). The molecule has 0 aliphatic carbocycles. The fourth-order valence-corrected chi connectivity index (χ4v) is 4.12. The predicted molar refractivity (Wildman–Crippen MR) is 88.8 cm³/mol. The molecule has 0 saturated carbocycles. The number of cyclic esters (lactones) is 1. The number of piperidine rings is 1. The zero-order chi connectivity index (χ0) is 17.5. The van der Waals surface area contributed by atoms with Gasteiger partial charge in [-0.05, 0) is 53.5 Å². The minimum absolute atomic E-state index is 0.0796. The molecule has 136 valence electrons. The maximum absolute atomic E-state index is 12.5. The van der Waals surface area contributed by atoms with E-state index in [4.69, 9.17) is 9.47 Å². The van der Waals surface area contributed by atoms with Crippen LogP contribution in [0.25, 0.3) is 0 Å². The van der Waals surface area contributed by atoms with E-state index in [-0.39, 0.29) is 30.4 Å². The van der Waals surface area contributed by atoms with Gasteiger partial charge >= 0.3 is 12.2 Å². The van der Waals surface area contributed by atoms with E-state index in [9.17, 15) is 9.59 Å². The SMILES string of the molecule is CN(C[C@@H]1CNC(=O)O1)C1C[C@H]2CC[C@@H](C1)N2C(=O)OC(C)(C)C. The van der Waals surface area contributed by atoms with Crippen LogP contribution in [-0.4, -0.2) is 72.0 Å². The second-order valence-corrected chi connectivity index (χ2v) is 8.25. The number of ether oxygens (including phenoxy) is 2. The lowest BCUT2D eigenvalue weighted by molar-refractivity contribution is -0.00502. The summed E-state index contributed by atoms with van der Waals surface area (Å²) in [6, 6.07) is 0.936.